The fourth-order valence-corrected chi connectivity index (χ4v) is 1.86. The standard InChI is InChI=1S/C12H24N4O/c1-3-4-5-9-16-12(7-10-17-2)11(6-8-13)14-15-16/h3-10,13H2,1-2H3. The van der Waals surface area contributed by atoms with Crippen molar-refractivity contribution in [2.75, 3.05) is 20.3 Å². The van der Waals surface area contributed by atoms with Crippen molar-refractivity contribution in [3.05, 3.63) is 11.4 Å². The number of ether oxygens (including phenoxy) is 1. The van der Waals surface area contributed by atoms with Crippen LogP contribution >= 0.6 is 0 Å². The summed E-state index contributed by atoms with van der Waals surface area (Å²) in [4.78, 5) is 0. The lowest BCUT2D eigenvalue weighted by atomic mass is 10.2. The largest absolute Gasteiger partial charge is 0.384 e. The summed E-state index contributed by atoms with van der Waals surface area (Å²) in [6.45, 7) is 4.48. The molecule has 0 saturated heterocycles. The highest BCUT2D eigenvalue weighted by Crippen LogP contribution is 2.09. The van der Waals surface area contributed by atoms with Gasteiger partial charge in [0.2, 0.25) is 0 Å². The van der Waals surface area contributed by atoms with Gasteiger partial charge in [0.1, 0.15) is 0 Å². The zero-order valence-corrected chi connectivity index (χ0v) is 11.0. The van der Waals surface area contributed by atoms with Gasteiger partial charge in [-0.25, -0.2) is 4.68 Å². The molecule has 5 heteroatoms. The number of unbranched alkanes of at least 4 members (excludes halogenated alkanes) is 2. The van der Waals surface area contributed by atoms with E-state index >= 15 is 0 Å². The van der Waals surface area contributed by atoms with Gasteiger partial charge in [0.05, 0.1) is 18.0 Å². The molecule has 1 rings (SSSR count). The van der Waals surface area contributed by atoms with Crippen LogP contribution < -0.4 is 5.73 Å². The third kappa shape index (κ3) is 4.44. The molecule has 5 nitrogen and oxygen atoms in total. The molecule has 0 fully saturated rings. The molecule has 0 atom stereocenters. The van der Waals surface area contributed by atoms with E-state index in [1.54, 1.807) is 7.11 Å². The van der Waals surface area contributed by atoms with Crippen LogP contribution in [0.25, 0.3) is 0 Å². The molecule has 0 aliphatic rings. The first-order valence-electron chi connectivity index (χ1n) is 6.43. The predicted molar refractivity (Wildman–Crippen MR) is 67.9 cm³/mol. The molecule has 0 bridgehead atoms. The second kappa shape index (κ2) is 8.20. The van der Waals surface area contributed by atoms with E-state index in [-0.39, 0.29) is 0 Å². The average Bonchev–Trinajstić information content (AvgIpc) is 2.70. The molecule has 0 radical (unpaired) electrons. The lowest BCUT2D eigenvalue weighted by Gasteiger charge is -2.07. The summed E-state index contributed by atoms with van der Waals surface area (Å²) >= 11 is 0. The first-order chi connectivity index (χ1) is 8.33. The van der Waals surface area contributed by atoms with Crippen LogP contribution in [-0.4, -0.2) is 35.3 Å². The summed E-state index contributed by atoms with van der Waals surface area (Å²) in [6, 6.07) is 0. The zero-order valence-electron chi connectivity index (χ0n) is 11.0. The van der Waals surface area contributed by atoms with E-state index in [1.165, 1.54) is 18.5 Å². The van der Waals surface area contributed by atoms with Crippen molar-refractivity contribution in [3.8, 4) is 0 Å². The summed E-state index contributed by atoms with van der Waals surface area (Å²) in [5.41, 5.74) is 7.80. The maximum absolute atomic E-state index is 5.58. The van der Waals surface area contributed by atoms with Crippen molar-refractivity contribution in [1.29, 1.82) is 0 Å². The van der Waals surface area contributed by atoms with Crippen LogP contribution in [0.3, 0.4) is 0 Å². The second-order valence-corrected chi connectivity index (χ2v) is 4.19. The van der Waals surface area contributed by atoms with Crippen molar-refractivity contribution in [1.82, 2.24) is 15.0 Å². The molecule has 0 aliphatic heterocycles. The molecular formula is C12H24N4O. The van der Waals surface area contributed by atoms with Gasteiger partial charge < -0.3 is 10.5 Å². The Kier molecular flexibility index (Phi) is 6.81. The molecule has 0 unspecified atom stereocenters. The number of aromatic nitrogens is 3. The number of nitrogens with zero attached hydrogens (tertiary/aromatic N) is 3. The van der Waals surface area contributed by atoms with Crippen LogP contribution in [0.4, 0.5) is 0 Å². The Morgan fingerprint density at radius 3 is 2.76 bits per heavy atom. The van der Waals surface area contributed by atoms with Crippen molar-refractivity contribution in [2.45, 2.75) is 45.6 Å². The molecule has 0 aromatic carbocycles. The van der Waals surface area contributed by atoms with Crippen LogP contribution in [0, 0.1) is 0 Å². The van der Waals surface area contributed by atoms with Crippen LogP contribution in [0.1, 0.15) is 37.6 Å². The molecule has 1 heterocycles. The molecule has 0 amide bonds. The quantitative estimate of drug-likeness (QED) is 0.658. The maximum atomic E-state index is 5.58. The molecule has 17 heavy (non-hydrogen) atoms. The van der Waals surface area contributed by atoms with Gasteiger partial charge in [-0.1, -0.05) is 25.0 Å². The first-order valence-corrected chi connectivity index (χ1v) is 6.43. The van der Waals surface area contributed by atoms with E-state index in [9.17, 15) is 0 Å². The van der Waals surface area contributed by atoms with Gasteiger partial charge >= 0.3 is 0 Å². The van der Waals surface area contributed by atoms with Crippen molar-refractivity contribution in [2.24, 2.45) is 5.73 Å². The average molecular weight is 240 g/mol. The minimum Gasteiger partial charge on any atom is -0.384 e. The number of methoxy groups -OCH3 is 1. The molecule has 98 valence electrons. The van der Waals surface area contributed by atoms with Crippen LogP contribution in [0.15, 0.2) is 0 Å². The summed E-state index contributed by atoms with van der Waals surface area (Å²) < 4.78 is 7.14. The number of hydrogen-bond donors (Lipinski definition) is 1. The van der Waals surface area contributed by atoms with Crippen LogP contribution in [0.2, 0.25) is 0 Å². The normalized spacial score (nSPS) is 11.0. The number of nitrogens with two attached hydrogens (primary N) is 1. The van der Waals surface area contributed by atoms with E-state index in [1.807, 2.05) is 4.68 Å². The number of aryl methyl sites for hydroxylation is 1. The predicted octanol–water partition coefficient (Wildman–Crippen LogP) is 1.16. The van der Waals surface area contributed by atoms with Crippen molar-refractivity contribution < 1.29 is 4.74 Å². The molecule has 0 aliphatic carbocycles. The molecular weight excluding hydrogens is 216 g/mol. The summed E-state index contributed by atoms with van der Waals surface area (Å²) in [7, 11) is 1.72. The summed E-state index contributed by atoms with van der Waals surface area (Å²) in [5.74, 6) is 0. The maximum Gasteiger partial charge on any atom is 0.0872 e. The lowest BCUT2D eigenvalue weighted by Crippen LogP contribution is -2.11. The van der Waals surface area contributed by atoms with E-state index in [0.29, 0.717) is 13.2 Å². The van der Waals surface area contributed by atoms with Gasteiger partial charge in [0, 0.05) is 26.5 Å². The zero-order chi connectivity index (χ0) is 12.5. The molecule has 1 aromatic heterocycles. The van der Waals surface area contributed by atoms with Gasteiger partial charge in [-0.15, -0.1) is 5.10 Å². The van der Waals surface area contributed by atoms with Crippen LogP contribution in [0.5, 0.6) is 0 Å². The Hall–Kier alpha value is -0.940. The van der Waals surface area contributed by atoms with E-state index in [4.69, 9.17) is 10.5 Å². The first kappa shape index (κ1) is 14.1. The van der Waals surface area contributed by atoms with Gasteiger partial charge in [0.25, 0.3) is 0 Å². The van der Waals surface area contributed by atoms with Crippen molar-refractivity contribution >= 4 is 0 Å². The Morgan fingerprint density at radius 2 is 2.12 bits per heavy atom. The minimum atomic E-state index is 0.619. The number of hydrogen-bond acceptors (Lipinski definition) is 4. The van der Waals surface area contributed by atoms with E-state index < -0.39 is 0 Å². The highest BCUT2D eigenvalue weighted by Gasteiger charge is 2.11. The Balaban J connectivity index is 2.65. The molecule has 0 spiro atoms. The Morgan fingerprint density at radius 1 is 1.29 bits per heavy atom. The van der Waals surface area contributed by atoms with Gasteiger partial charge in [-0.05, 0) is 13.0 Å². The SMILES string of the molecule is CCCCCn1nnc(CCN)c1CCOC. The van der Waals surface area contributed by atoms with E-state index in [0.717, 1.165) is 31.5 Å². The van der Waals surface area contributed by atoms with Crippen LogP contribution in [-0.2, 0) is 24.1 Å². The van der Waals surface area contributed by atoms with Gasteiger partial charge in [-0.2, -0.15) is 0 Å². The monoisotopic (exact) mass is 240 g/mol. The number of rotatable bonds is 9. The third-order valence-corrected chi connectivity index (χ3v) is 2.82. The van der Waals surface area contributed by atoms with Gasteiger partial charge in [-0.3, -0.25) is 0 Å². The summed E-state index contributed by atoms with van der Waals surface area (Å²) in [6.07, 6.45) is 5.27. The molecule has 1 aromatic rings. The van der Waals surface area contributed by atoms with Gasteiger partial charge in [0.15, 0.2) is 0 Å². The second-order valence-electron chi connectivity index (χ2n) is 4.19. The smallest absolute Gasteiger partial charge is 0.0872 e. The molecule has 2 N–H and O–H groups in total. The lowest BCUT2D eigenvalue weighted by molar-refractivity contribution is 0.200. The molecule has 0 saturated carbocycles. The van der Waals surface area contributed by atoms with Crippen molar-refractivity contribution in [3.63, 3.8) is 0 Å². The highest BCUT2D eigenvalue weighted by atomic mass is 16.5. The minimum absolute atomic E-state index is 0.619. The fourth-order valence-electron chi connectivity index (χ4n) is 1.86. The Bertz CT molecular complexity index is 311. The fraction of sp³-hybridized carbons (Fsp3) is 0.833. The summed E-state index contributed by atoms with van der Waals surface area (Å²) in [5, 5.41) is 8.43. The third-order valence-electron chi connectivity index (χ3n) is 2.82. The highest BCUT2D eigenvalue weighted by molar-refractivity contribution is 5.11. The Labute approximate surface area is 103 Å². The topological polar surface area (TPSA) is 66.0 Å². The van der Waals surface area contributed by atoms with E-state index in [2.05, 4.69) is 17.2 Å².